The number of aromatic nitrogens is 1. The van der Waals surface area contributed by atoms with E-state index in [2.05, 4.69) is 29.8 Å². The molecular weight excluding hydrogens is 186 g/mol. The summed E-state index contributed by atoms with van der Waals surface area (Å²) in [6.07, 6.45) is 3.83. The molecule has 0 aliphatic heterocycles. The molecule has 0 amide bonds. The summed E-state index contributed by atoms with van der Waals surface area (Å²) in [4.78, 5) is 6.44. The zero-order valence-corrected chi connectivity index (χ0v) is 9.57. The van der Waals surface area contributed by atoms with Crippen LogP contribution < -0.4 is 4.90 Å². The molecule has 0 saturated carbocycles. The zero-order valence-electron chi connectivity index (χ0n) is 9.57. The first kappa shape index (κ1) is 11.5. The molecule has 1 aromatic rings. The SMILES string of the molecule is CCC(CC)N(C)c1ccc(C#N)cn1. The van der Waals surface area contributed by atoms with E-state index in [9.17, 15) is 0 Å². The second kappa shape index (κ2) is 5.35. The molecule has 0 fully saturated rings. The summed E-state index contributed by atoms with van der Waals surface area (Å²) in [5, 5.41) is 8.67. The van der Waals surface area contributed by atoms with E-state index in [0.717, 1.165) is 18.7 Å². The molecule has 0 bridgehead atoms. The highest BCUT2D eigenvalue weighted by atomic mass is 15.2. The molecule has 0 aliphatic carbocycles. The van der Waals surface area contributed by atoms with E-state index in [1.807, 2.05) is 13.1 Å². The Bertz CT molecular complexity index is 333. The van der Waals surface area contributed by atoms with Gasteiger partial charge in [-0.3, -0.25) is 0 Å². The average Bonchev–Trinajstić information content (AvgIpc) is 2.30. The zero-order chi connectivity index (χ0) is 11.3. The van der Waals surface area contributed by atoms with Crippen LogP contribution in [-0.2, 0) is 0 Å². The Kier molecular flexibility index (Phi) is 4.11. The molecule has 0 saturated heterocycles. The highest BCUT2D eigenvalue weighted by Gasteiger charge is 2.11. The maximum absolute atomic E-state index is 8.67. The fraction of sp³-hybridized carbons (Fsp3) is 0.500. The van der Waals surface area contributed by atoms with Crippen LogP contribution in [0.5, 0.6) is 0 Å². The van der Waals surface area contributed by atoms with Gasteiger partial charge in [0.2, 0.25) is 0 Å². The van der Waals surface area contributed by atoms with Crippen LogP contribution in [0.4, 0.5) is 5.82 Å². The molecule has 15 heavy (non-hydrogen) atoms. The van der Waals surface area contributed by atoms with Gasteiger partial charge in [0.25, 0.3) is 0 Å². The Hall–Kier alpha value is -1.56. The van der Waals surface area contributed by atoms with Crippen molar-refractivity contribution in [1.29, 1.82) is 5.26 Å². The van der Waals surface area contributed by atoms with Gasteiger partial charge >= 0.3 is 0 Å². The molecule has 0 atom stereocenters. The molecule has 0 aliphatic rings. The van der Waals surface area contributed by atoms with Gasteiger partial charge in [-0.1, -0.05) is 13.8 Å². The predicted molar refractivity (Wildman–Crippen MR) is 61.7 cm³/mol. The van der Waals surface area contributed by atoms with Crippen LogP contribution in [0.25, 0.3) is 0 Å². The summed E-state index contributed by atoms with van der Waals surface area (Å²) in [6, 6.07) is 6.29. The maximum Gasteiger partial charge on any atom is 0.128 e. The lowest BCUT2D eigenvalue weighted by atomic mass is 10.1. The van der Waals surface area contributed by atoms with Crippen molar-refractivity contribution in [2.75, 3.05) is 11.9 Å². The van der Waals surface area contributed by atoms with Gasteiger partial charge in [-0.05, 0) is 25.0 Å². The van der Waals surface area contributed by atoms with Crippen LogP contribution in [-0.4, -0.2) is 18.1 Å². The fourth-order valence-corrected chi connectivity index (χ4v) is 1.68. The van der Waals surface area contributed by atoms with Crippen LogP contribution >= 0.6 is 0 Å². The fourth-order valence-electron chi connectivity index (χ4n) is 1.68. The molecule has 0 N–H and O–H groups in total. The second-order valence-electron chi connectivity index (χ2n) is 3.60. The van der Waals surface area contributed by atoms with E-state index < -0.39 is 0 Å². The summed E-state index contributed by atoms with van der Waals surface area (Å²) in [7, 11) is 2.05. The lowest BCUT2D eigenvalue weighted by Gasteiger charge is -2.27. The van der Waals surface area contributed by atoms with E-state index in [0.29, 0.717) is 11.6 Å². The first-order chi connectivity index (χ1) is 7.22. The summed E-state index contributed by atoms with van der Waals surface area (Å²) >= 11 is 0. The van der Waals surface area contributed by atoms with Crippen molar-refractivity contribution in [3.8, 4) is 6.07 Å². The van der Waals surface area contributed by atoms with Crippen molar-refractivity contribution in [3.63, 3.8) is 0 Å². The average molecular weight is 203 g/mol. The first-order valence-corrected chi connectivity index (χ1v) is 5.31. The highest BCUT2D eigenvalue weighted by Crippen LogP contribution is 2.15. The minimum Gasteiger partial charge on any atom is -0.357 e. The van der Waals surface area contributed by atoms with Crippen molar-refractivity contribution in [2.45, 2.75) is 32.7 Å². The van der Waals surface area contributed by atoms with Crippen LogP contribution in [0, 0.1) is 11.3 Å². The molecule has 80 valence electrons. The van der Waals surface area contributed by atoms with Gasteiger partial charge in [-0.2, -0.15) is 5.26 Å². The predicted octanol–water partition coefficient (Wildman–Crippen LogP) is 2.58. The molecule has 3 nitrogen and oxygen atoms in total. The van der Waals surface area contributed by atoms with Gasteiger partial charge in [0.05, 0.1) is 5.56 Å². The van der Waals surface area contributed by atoms with E-state index in [1.165, 1.54) is 0 Å². The summed E-state index contributed by atoms with van der Waals surface area (Å²) < 4.78 is 0. The first-order valence-electron chi connectivity index (χ1n) is 5.31. The van der Waals surface area contributed by atoms with Crippen LogP contribution in [0.15, 0.2) is 18.3 Å². The smallest absolute Gasteiger partial charge is 0.128 e. The largest absolute Gasteiger partial charge is 0.357 e. The molecule has 0 spiro atoms. The van der Waals surface area contributed by atoms with E-state index in [-0.39, 0.29) is 0 Å². The molecule has 1 aromatic heterocycles. The third-order valence-electron chi connectivity index (χ3n) is 2.73. The van der Waals surface area contributed by atoms with Gasteiger partial charge in [-0.15, -0.1) is 0 Å². The molecule has 1 rings (SSSR count). The standard InChI is InChI=1S/C12H17N3/c1-4-11(5-2)15(3)12-7-6-10(8-13)9-14-12/h6-7,9,11H,4-5H2,1-3H3. The molecule has 1 heterocycles. The molecule has 0 unspecified atom stereocenters. The van der Waals surface area contributed by atoms with Crippen molar-refractivity contribution in [1.82, 2.24) is 4.98 Å². The number of rotatable bonds is 4. The lowest BCUT2D eigenvalue weighted by molar-refractivity contribution is 0.587. The number of pyridine rings is 1. The summed E-state index contributed by atoms with van der Waals surface area (Å²) in [6.45, 7) is 4.35. The van der Waals surface area contributed by atoms with Gasteiger partial charge in [-0.25, -0.2) is 4.98 Å². The van der Waals surface area contributed by atoms with Crippen molar-refractivity contribution < 1.29 is 0 Å². The Morgan fingerprint density at radius 1 is 1.40 bits per heavy atom. The monoisotopic (exact) mass is 203 g/mol. The van der Waals surface area contributed by atoms with Gasteiger partial charge in [0.15, 0.2) is 0 Å². The van der Waals surface area contributed by atoms with Gasteiger partial charge in [0.1, 0.15) is 11.9 Å². The van der Waals surface area contributed by atoms with Crippen LogP contribution in [0.1, 0.15) is 32.3 Å². The maximum atomic E-state index is 8.67. The summed E-state index contributed by atoms with van der Waals surface area (Å²) in [5.74, 6) is 0.933. The van der Waals surface area contributed by atoms with Crippen LogP contribution in [0.3, 0.4) is 0 Å². The van der Waals surface area contributed by atoms with Crippen LogP contribution in [0.2, 0.25) is 0 Å². The van der Waals surface area contributed by atoms with E-state index >= 15 is 0 Å². The minimum absolute atomic E-state index is 0.519. The van der Waals surface area contributed by atoms with Gasteiger partial charge in [0, 0.05) is 19.3 Å². The normalized spacial score (nSPS) is 10.1. The highest BCUT2D eigenvalue weighted by molar-refractivity contribution is 5.41. The topological polar surface area (TPSA) is 39.9 Å². The Morgan fingerprint density at radius 3 is 2.47 bits per heavy atom. The van der Waals surface area contributed by atoms with Crippen molar-refractivity contribution >= 4 is 5.82 Å². The summed E-state index contributed by atoms with van der Waals surface area (Å²) in [5.41, 5.74) is 0.608. The van der Waals surface area contributed by atoms with Crippen molar-refractivity contribution in [3.05, 3.63) is 23.9 Å². The number of nitriles is 1. The number of hydrogen-bond donors (Lipinski definition) is 0. The van der Waals surface area contributed by atoms with E-state index in [4.69, 9.17) is 5.26 Å². The lowest BCUT2D eigenvalue weighted by Crippen LogP contribution is -2.30. The van der Waals surface area contributed by atoms with E-state index in [1.54, 1.807) is 12.3 Å². The third kappa shape index (κ3) is 2.69. The third-order valence-corrected chi connectivity index (χ3v) is 2.73. The number of nitrogens with zero attached hydrogens (tertiary/aromatic N) is 3. The number of anilines is 1. The Balaban J connectivity index is 2.82. The quantitative estimate of drug-likeness (QED) is 0.755. The Labute approximate surface area is 91.4 Å². The second-order valence-corrected chi connectivity index (χ2v) is 3.60. The Morgan fingerprint density at radius 2 is 2.07 bits per heavy atom. The number of hydrogen-bond acceptors (Lipinski definition) is 3. The minimum atomic E-state index is 0.519. The molecular formula is C12H17N3. The van der Waals surface area contributed by atoms with Gasteiger partial charge < -0.3 is 4.90 Å². The molecule has 0 aromatic carbocycles. The molecule has 3 heteroatoms. The van der Waals surface area contributed by atoms with Crippen molar-refractivity contribution in [2.24, 2.45) is 0 Å². The molecule has 0 radical (unpaired) electrons.